The first-order chi connectivity index (χ1) is 11.7. The molecule has 0 aromatic heterocycles. The fraction of sp³-hybridized carbons (Fsp3) is 0.467. The molecule has 0 spiro atoms. The summed E-state index contributed by atoms with van der Waals surface area (Å²) in [4.78, 5) is 23.1. The SMILES string of the molecule is CC(C)(C)OC(=O)NC(Cc1c(Cl)cc(OC(F)(F)F)cc1Cl)C(=O)O. The summed E-state index contributed by atoms with van der Waals surface area (Å²) in [5.41, 5.74) is -0.815. The fourth-order valence-corrected chi connectivity index (χ4v) is 2.44. The minimum atomic E-state index is -4.93. The molecule has 0 aliphatic heterocycles. The van der Waals surface area contributed by atoms with Crippen LogP contribution in [-0.2, 0) is 16.0 Å². The number of aliphatic carboxylic acids is 1. The maximum Gasteiger partial charge on any atom is 0.573 e. The van der Waals surface area contributed by atoms with Crippen LogP contribution in [0.15, 0.2) is 12.1 Å². The van der Waals surface area contributed by atoms with E-state index in [1.807, 2.05) is 0 Å². The molecular formula is C15H16Cl2F3NO5. The Morgan fingerprint density at radius 3 is 2.08 bits per heavy atom. The zero-order chi connectivity index (χ0) is 20.3. The van der Waals surface area contributed by atoms with Crippen molar-refractivity contribution in [2.75, 3.05) is 0 Å². The van der Waals surface area contributed by atoms with Gasteiger partial charge in [0.15, 0.2) is 0 Å². The number of benzene rings is 1. The summed E-state index contributed by atoms with van der Waals surface area (Å²) in [6.45, 7) is 4.78. The molecule has 0 aliphatic carbocycles. The van der Waals surface area contributed by atoms with E-state index in [1.165, 1.54) is 0 Å². The van der Waals surface area contributed by atoms with Crippen molar-refractivity contribution >= 4 is 35.3 Å². The number of alkyl halides is 3. The third-order valence-corrected chi connectivity index (χ3v) is 3.42. The van der Waals surface area contributed by atoms with Gasteiger partial charge in [0.25, 0.3) is 0 Å². The molecule has 1 unspecified atom stereocenters. The second-order valence-corrected chi connectivity index (χ2v) is 6.97. The zero-order valence-electron chi connectivity index (χ0n) is 13.9. The van der Waals surface area contributed by atoms with Crippen LogP contribution in [0.2, 0.25) is 10.0 Å². The molecular weight excluding hydrogens is 402 g/mol. The largest absolute Gasteiger partial charge is 0.573 e. The lowest BCUT2D eigenvalue weighted by Gasteiger charge is -2.22. The number of rotatable bonds is 5. The predicted octanol–water partition coefficient (Wildman–Crippen LogP) is 4.41. The van der Waals surface area contributed by atoms with Gasteiger partial charge in [0.05, 0.1) is 0 Å². The Morgan fingerprint density at radius 2 is 1.69 bits per heavy atom. The molecule has 0 saturated heterocycles. The summed E-state index contributed by atoms with van der Waals surface area (Å²) in [5.74, 6) is -2.05. The summed E-state index contributed by atoms with van der Waals surface area (Å²) in [5, 5.41) is 10.9. The molecule has 0 fully saturated rings. The summed E-state index contributed by atoms with van der Waals surface area (Å²) < 4.78 is 45.4. The maximum atomic E-state index is 12.3. The topological polar surface area (TPSA) is 84.9 Å². The highest BCUT2D eigenvalue weighted by Crippen LogP contribution is 2.33. The van der Waals surface area contributed by atoms with Crippen molar-refractivity contribution in [3.8, 4) is 5.75 Å². The molecule has 0 heterocycles. The Hall–Kier alpha value is -1.87. The maximum absolute atomic E-state index is 12.3. The number of hydrogen-bond acceptors (Lipinski definition) is 4. The van der Waals surface area contributed by atoms with E-state index in [0.717, 1.165) is 12.1 Å². The van der Waals surface area contributed by atoms with Crippen LogP contribution in [0.4, 0.5) is 18.0 Å². The zero-order valence-corrected chi connectivity index (χ0v) is 15.4. The van der Waals surface area contributed by atoms with E-state index in [0.29, 0.717) is 0 Å². The van der Waals surface area contributed by atoms with Crippen LogP contribution in [0.5, 0.6) is 5.75 Å². The number of amides is 1. The van der Waals surface area contributed by atoms with Gasteiger partial charge in [0.1, 0.15) is 17.4 Å². The molecule has 1 aromatic carbocycles. The summed E-state index contributed by atoms with van der Waals surface area (Å²) in [6.07, 6.45) is -6.29. The van der Waals surface area contributed by atoms with Crippen LogP contribution < -0.4 is 10.1 Å². The average molecular weight is 418 g/mol. The number of hydrogen-bond donors (Lipinski definition) is 2. The number of alkyl carbamates (subject to hydrolysis) is 1. The minimum Gasteiger partial charge on any atom is -0.480 e. The van der Waals surface area contributed by atoms with Crippen molar-refractivity contribution in [1.82, 2.24) is 5.32 Å². The molecule has 26 heavy (non-hydrogen) atoms. The lowest BCUT2D eigenvalue weighted by atomic mass is 10.1. The molecule has 146 valence electrons. The Kier molecular flexibility index (Phi) is 7.01. The van der Waals surface area contributed by atoms with Crippen molar-refractivity contribution in [1.29, 1.82) is 0 Å². The Bertz CT molecular complexity index is 666. The van der Waals surface area contributed by atoms with Crippen LogP contribution in [-0.4, -0.2) is 35.2 Å². The van der Waals surface area contributed by atoms with E-state index < -0.39 is 35.8 Å². The molecule has 6 nitrogen and oxygen atoms in total. The van der Waals surface area contributed by atoms with Crippen molar-refractivity contribution in [3.63, 3.8) is 0 Å². The van der Waals surface area contributed by atoms with E-state index in [4.69, 9.17) is 27.9 Å². The molecule has 1 aromatic rings. The number of carboxylic acids is 1. The Balaban J connectivity index is 2.99. The van der Waals surface area contributed by atoms with Gasteiger partial charge in [-0.2, -0.15) is 0 Å². The first-order valence-corrected chi connectivity index (χ1v) is 7.89. The van der Waals surface area contributed by atoms with Gasteiger partial charge in [-0.1, -0.05) is 23.2 Å². The Morgan fingerprint density at radius 1 is 1.19 bits per heavy atom. The van der Waals surface area contributed by atoms with E-state index in [9.17, 15) is 27.9 Å². The number of carbonyl (C=O) groups is 2. The average Bonchev–Trinajstić information content (AvgIpc) is 2.37. The highest BCUT2D eigenvalue weighted by atomic mass is 35.5. The molecule has 0 radical (unpaired) electrons. The number of ether oxygens (including phenoxy) is 2. The summed E-state index contributed by atoms with van der Waals surface area (Å²) in [7, 11) is 0. The fourth-order valence-electron chi connectivity index (χ4n) is 1.82. The van der Waals surface area contributed by atoms with Crippen molar-refractivity contribution < 1.29 is 37.3 Å². The van der Waals surface area contributed by atoms with E-state index in [-0.39, 0.29) is 22.0 Å². The first-order valence-electron chi connectivity index (χ1n) is 7.14. The monoisotopic (exact) mass is 417 g/mol. The van der Waals surface area contributed by atoms with Crippen LogP contribution in [0.25, 0.3) is 0 Å². The molecule has 1 rings (SSSR count). The van der Waals surface area contributed by atoms with Crippen molar-refractivity contribution in [2.45, 2.75) is 45.2 Å². The highest BCUT2D eigenvalue weighted by molar-refractivity contribution is 6.36. The number of carbonyl (C=O) groups excluding carboxylic acids is 1. The molecule has 0 bridgehead atoms. The van der Waals surface area contributed by atoms with Gasteiger partial charge in [-0.05, 0) is 38.5 Å². The predicted molar refractivity (Wildman–Crippen MR) is 87.6 cm³/mol. The molecule has 2 N–H and O–H groups in total. The number of carboxylic acid groups (broad SMARTS) is 1. The normalized spacial score (nSPS) is 13.1. The van der Waals surface area contributed by atoms with Crippen LogP contribution >= 0.6 is 23.2 Å². The van der Waals surface area contributed by atoms with Crippen LogP contribution in [0, 0.1) is 0 Å². The lowest BCUT2D eigenvalue weighted by Crippen LogP contribution is -2.44. The van der Waals surface area contributed by atoms with E-state index >= 15 is 0 Å². The van der Waals surface area contributed by atoms with Crippen molar-refractivity contribution in [3.05, 3.63) is 27.7 Å². The first kappa shape index (κ1) is 22.2. The smallest absolute Gasteiger partial charge is 0.480 e. The number of nitrogens with one attached hydrogen (secondary N) is 1. The molecule has 1 atom stereocenters. The molecule has 1 amide bonds. The standard InChI is InChI=1S/C15H16Cl2F3NO5/c1-14(2,3)26-13(24)21-11(12(22)23)6-8-9(16)4-7(5-10(8)17)25-15(18,19)20/h4-5,11H,6H2,1-3H3,(H,21,24)(H,22,23). The van der Waals surface area contributed by atoms with Gasteiger partial charge in [-0.3, -0.25) is 0 Å². The highest BCUT2D eigenvalue weighted by Gasteiger charge is 2.32. The third-order valence-electron chi connectivity index (χ3n) is 2.75. The quantitative estimate of drug-likeness (QED) is 0.740. The summed E-state index contributed by atoms with van der Waals surface area (Å²) in [6, 6.07) is 0.236. The van der Waals surface area contributed by atoms with E-state index in [1.54, 1.807) is 20.8 Å². The van der Waals surface area contributed by atoms with Gasteiger partial charge >= 0.3 is 18.4 Å². The molecule has 0 aliphatic rings. The number of halogens is 5. The Labute approximate surface area is 157 Å². The summed E-state index contributed by atoms with van der Waals surface area (Å²) >= 11 is 11.8. The lowest BCUT2D eigenvalue weighted by molar-refractivity contribution is -0.274. The van der Waals surface area contributed by atoms with Crippen LogP contribution in [0.3, 0.4) is 0 Å². The van der Waals surface area contributed by atoms with E-state index in [2.05, 4.69) is 10.1 Å². The van der Waals surface area contributed by atoms with Gasteiger partial charge in [0.2, 0.25) is 0 Å². The van der Waals surface area contributed by atoms with Gasteiger partial charge in [0, 0.05) is 16.5 Å². The molecule has 0 saturated carbocycles. The minimum absolute atomic E-state index is 0.0336. The third kappa shape index (κ3) is 7.57. The second-order valence-electron chi connectivity index (χ2n) is 6.15. The molecule has 11 heteroatoms. The van der Waals surface area contributed by atoms with Gasteiger partial charge in [-0.15, -0.1) is 13.2 Å². The van der Waals surface area contributed by atoms with Crippen molar-refractivity contribution in [2.24, 2.45) is 0 Å². The van der Waals surface area contributed by atoms with Gasteiger partial charge in [-0.25, -0.2) is 9.59 Å². The second kappa shape index (κ2) is 8.22. The van der Waals surface area contributed by atoms with Gasteiger partial charge < -0.3 is 19.9 Å². The van der Waals surface area contributed by atoms with Crippen LogP contribution in [0.1, 0.15) is 26.3 Å².